The molecule has 0 saturated heterocycles. The van der Waals surface area contributed by atoms with E-state index in [0.717, 1.165) is 18.4 Å². The van der Waals surface area contributed by atoms with Gasteiger partial charge in [0.15, 0.2) is 0 Å². The summed E-state index contributed by atoms with van der Waals surface area (Å²) in [6.07, 6.45) is 1.97. The fourth-order valence-corrected chi connectivity index (χ4v) is 1.83. The molecule has 1 fully saturated rings. The Labute approximate surface area is 87.5 Å². The van der Waals surface area contributed by atoms with Crippen molar-refractivity contribution in [1.82, 2.24) is 0 Å². The molecule has 1 aliphatic rings. The molecule has 2 nitrogen and oxygen atoms in total. The Morgan fingerprint density at radius 2 is 1.93 bits per heavy atom. The largest absolute Gasteiger partial charge is 0.549 e. The quantitative estimate of drug-likeness (QED) is 0.759. The number of carboxylic acid groups (broad SMARTS) is 1. The van der Waals surface area contributed by atoms with Crippen LogP contribution in [-0.2, 0) is 4.79 Å². The van der Waals surface area contributed by atoms with E-state index in [2.05, 4.69) is 0 Å². The number of carboxylic acids is 1. The van der Waals surface area contributed by atoms with Crippen LogP contribution in [0, 0.1) is 5.92 Å². The van der Waals surface area contributed by atoms with Crippen LogP contribution in [0.2, 0.25) is 5.02 Å². The van der Waals surface area contributed by atoms with Crippen LogP contribution in [0.25, 0.3) is 0 Å². The van der Waals surface area contributed by atoms with Gasteiger partial charge in [-0.1, -0.05) is 23.7 Å². The molecule has 1 unspecified atom stereocenters. The van der Waals surface area contributed by atoms with E-state index in [1.807, 2.05) is 0 Å². The van der Waals surface area contributed by atoms with Gasteiger partial charge in [-0.3, -0.25) is 0 Å². The van der Waals surface area contributed by atoms with Crippen molar-refractivity contribution in [2.45, 2.75) is 18.8 Å². The summed E-state index contributed by atoms with van der Waals surface area (Å²) in [6.45, 7) is 0. The van der Waals surface area contributed by atoms with Gasteiger partial charge >= 0.3 is 0 Å². The van der Waals surface area contributed by atoms with E-state index in [1.165, 1.54) is 0 Å². The van der Waals surface area contributed by atoms with Crippen molar-refractivity contribution in [3.63, 3.8) is 0 Å². The van der Waals surface area contributed by atoms with Crippen molar-refractivity contribution in [2.24, 2.45) is 5.92 Å². The number of hydrogen-bond donors (Lipinski definition) is 0. The van der Waals surface area contributed by atoms with E-state index in [1.54, 1.807) is 24.3 Å². The van der Waals surface area contributed by atoms with Crippen molar-refractivity contribution in [3.8, 4) is 0 Å². The second-order valence-corrected chi connectivity index (χ2v) is 4.12. The summed E-state index contributed by atoms with van der Waals surface area (Å²) in [5.41, 5.74) is 0.803. The molecule has 2 rings (SSSR count). The van der Waals surface area contributed by atoms with Crippen molar-refractivity contribution in [1.29, 1.82) is 0 Å². The first-order valence-electron chi connectivity index (χ1n) is 4.65. The van der Waals surface area contributed by atoms with Gasteiger partial charge in [0.2, 0.25) is 0 Å². The zero-order valence-electron chi connectivity index (χ0n) is 7.57. The summed E-state index contributed by atoms with van der Waals surface area (Å²) in [4.78, 5) is 10.9. The first kappa shape index (κ1) is 9.53. The van der Waals surface area contributed by atoms with Gasteiger partial charge in [0.1, 0.15) is 0 Å². The van der Waals surface area contributed by atoms with Crippen LogP contribution in [0.1, 0.15) is 24.3 Å². The first-order chi connectivity index (χ1) is 6.68. The molecule has 0 aliphatic heterocycles. The third kappa shape index (κ3) is 1.90. The van der Waals surface area contributed by atoms with E-state index in [-0.39, 0.29) is 5.92 Å². The number of carbonyl (C=O) groups excluding carboxylic acids is 1. The average molecular weight is 210 g/mol. The SMILES string of the molecule is O=C([O-])C(c1ccc(Cl)cc1)C1CC1. The van der Waals surface area contributed by atoms with Crippen LogP contribution in [0.3, 0.4) is 0 Å². The third-order valence-corrected chi connectivity index (χ3v) is 2.83. The summed E-state index contributed by atoms with van der Waals surface area (Å²) in [5.74, 6) is -1.16. The highest BCUT2D eigenvalue weighted by molar-refractivity contribution is 6.30. The zero-order valence-corrected chi connectivity index (χ0v) is 8.33. The van der Waals surface area contributed by atoms with Crippen LogP contribution in [0.4, 0.5) is 0 Å². The number of halogens is 1. The Kier molecular flexibility index (Phi) is 2.46. The van der Waals surface area contributed by atoms with Gasteiger partial charge in [-0.15, -0.1) is 0 Å². The molecule has 14 heavy (non-hydrogen) atoms. The molecule has 1 aromatic carbocycles. The monoisotopic (exact) mass is 209 g/mol. The lowest BCUT2D eigenvalue weighted by atomic mass is 9.94. The average Bonchev–Trinajstić information content (AvgIpc) is 2.92. The molecule has 1 aliphatic carbocycles. The van der Waals surface area contributed by atoms with E-state index < -0.39 is 11.9 Å². The Balaban J connectivity index is 2.26. The molecule has 1 atom stereocenters. The Hall–Kier alpha value is -1.02. The molecule has 0 aromatic heterocycles. The van der Waals surface area contributed by atoms with Crippen molar-refractivity contribution in [2.75, 3.05) is 0 Å². The smallest absolute Gasteiger partial charge is 0.0492 e. The van der Waals surface area contributed by atoms with E-state index in [9.17, 15) is 9.90 Å². The van der Waals surface area contributed by atoms with Gasteiger partial charge in [-0.05, 0) is 36.5 Å². The van der Waals surface area contributed by atoms with Crippen LogP contribution < -0.4 is 5.11 Å². The third-order valence-electron chi connectivity index (χ3n) is 2.58. The lowest BCUT2D eigenvalue weighted by molar-refractivity contribution is -0.308. The highest BCUT2D eigenvalue weighted by Gasteiger charge is 2.32. The van der Waals surface area contributed by atoms with Gasteiger partial charge in [-0.2, -0.15) is 0 Å². The van der Waals surface area contributed by atoms with Crippen LogP contribution in [-0.4, -0.2) is 5.97 Å². The second kappa shape index (κ2) is 3.62. The predicted octanol–water partition coefficient (Wildman–Crippen LogP) is 1.58. The fourth-order valence-electron chi connectivity index (χ4n) is 1.70. The zero-order chi connectivity index (χ0) is 10.1. The summed E-state index contributed by atoms with van der Waals surface area (Å²) in [5, 5.41) is 11.5. The summed E-state index contributed by atoms with van der Waals surface area (Å²) < 4.78 is 0. The predicted molar refractivity (Wildman–Crippen MR) is 51.9 cm³/mol. The molecule has 0 bridgehead atoms. The maximum Gasteiger partial charge on any atom is 0.0492 e. The molecule has 3 heteroatoms. The molecule has 0 N–H and O–H groups in total. The lowest BCUT2D eigenvalue weighted by Crippen LogP contribution is -2.30. The highest BCUT2D eigenvalue weighted by Crippen LogP contribution is 2.42. The molecule has 0 radical (unpaired) electrons. The van der Waals surface area contributed by atoms with Gasteiger partial charge < -0.3 is 9.90 Å². The number of aliphatic carboxylic acids is 1. The number of carbonyl (C=O) groups is 1. The van der Waals surface area contributed by atoms with Gasteiger partial charge in [0, 0.05) is 16.9 Å². The fraction of sp³-hybridized carbons (Fsp3) is 0.364. The van der Waals surface area contributed by atoms with Gasteiger partial charge in [-0.25, -0.2) is 0 Å². The summed E-state index contributed by atoms with van der Waals surface area (Å²) in [7, 11) is 0. The first-order valence-corrected chi connectivity index (χ1v) is 5.02. The maximum absolute atomic E-state index is 10.9. The van der Waals surface area contributed by atoms with Crippen molar-refractivity contribution in [3.05, 3.63) is 34.9 Å². The molecule has 0 spiro atoms. The molecule has 0 amide bonds. The summed E-state index contributed by atoms with van der Waals surface area (Å²) >= 11 is 5.73. The maximum atomic E-state index is 10.9. The number of hydrogen-bond acceptors (Lipinski definition) is 2. The molecule has 1 aromatic rings. The molecular weight excluding hydrogens is 200 g/mol. The molecular formula is C11H10ClO2-. The van der Waals surface area contributed by atoms with E-state index >= 15 is 0 Å². The van der Waals surface area contributed by atoms with Crippen molar-refractivity contribution < 1.29 is 9.90 Å². The normalized spacial score (nSPS) is 17.8. The van der Waals surface area contributed by atoms with E-state index in [0.29, 0.717) is 5.02 Å². The Bertz CT molecular complexity index is 341. The number of rotatable bonds is 3. The summed E-state index contributed by atoms with van der Waals surface area (Å²) in [6, 6.07) is 6.96. The minimum absolute atomic E-state index is 0.265. The van der Waals surface area contributed by atoms with E-state index in [4.69, 9.17) is 11.6 Å². The van der Waals surface area contributed by atoms with Crippen molar-refractivity contribution >= 4 is 17.6 Å². The van der Waals surface area contributed by atoms with Crippen LogP contribution >= 0.6 is 11.6 Å². The highest BCUT2D eigenvalue weighted by atomic mass is 35.5. The second-order valence-electron chi connectivity index (χ2n) is 3.69. The lowest BCUT2D eigenvalue weighted by Gasteiger charge is -2.17. The number of benzene rings is 1. The Morgan fingerprint density at radius 1 is 1.36 bits per heavy atom. The Morgan fingerprint density at radius 3 is 2.36 bits per heavy atom. The molecule has 0 heterocycles. The minimum atomic E-state index is -0.977. The van der Waals surface area contributed by atoms with Crippen LogP contribution in [0.5, 0.6) is 0 Å². The topological polar surface area (TPSA) is 40.1 Å². The molecule has 74 valence electrons. The standard InChI is InChI=1S/C11H11ClO2/c12-9-5-3-8(4-6-9)10(11(13)14)7-1-2-7/h3-7,10H,1-2H2,(H,13,14)/p-1. The van der Waals surface area contributed by atoms with Gasteiger partial charge in [0.05, 0.1) is 0 Å². The molecule has 1 saturated carbocycles. The van der Waals surface area contributed by atoms with Gasteiger partial charge in [0.25, 0.3) is 0 Å². The van der Waals surface area contributed by atoms with Crippen LogP contribution in [0.15, 0.2) is 24.3 Å². The minimum Gasteiger partial charge on any atom is -0.549 e.